The first-order valence-corrected chi connectivity index (χ1v) is 5.40. The molecular weight excluding hydrogens is 247 g/mol. The highest BCUT2D eigenvalue weighted by Gasteiger charge is 2.10. The van der Waals surface area contributed by atoms with Gasteiger partial charge in [-0.25, -0.2) is 4.39 Å². The molecule has 0 radical (unpaired) electrons. The van der Waals surface area contributed by atoms with E-state index in [-0.39, 0.29) is 17.0 Å². The number of phenols is 1. The van der Waals surface area contributed by atoms with Crippen LogP contribution in [-0.2, 0) is 0 Å². The van der Waals surface area contributed by atoms with Crippen molar-refractivity contribution in [3.8, 4) is 11.8 Å². The molecule has 0 heterocycles. The van der Waals surface area contributed by atoms with Gasteiger partial charge in [-0.3, -0.25) is 4.79 Å². The van der Waals surface area contributed by atoms with Crippen molar-refractivity contribution in [2.45, 2.75) is 0 Å². The summed E-state index contributed by atoms with van der Waals surface area (Å²) in [6.45, 7) is 0. The zero-order valence-electron chi connectivity index (χ0n) is 9.72. The van der Waals surface area contributed by atoms with Crippen LogP contribution in [0.2, 0.25) is 0 Å². The summed E-state index contributed by atoms with van der Waals surface area (Å²) >= 11 is 0. The summed E-state index contributed by atoms with van der Waals surface area (Å²) in [5, 5.41) is 20.2. The number of carbonyl (C=O) groups excluding carboxylic acids is 1. The number of hydrogen-bond donors (Lipinski definition) is 2. The second-order valence-electron chi connectivity index (χ2n) is 3.81. The fourth-order valence-electron chi connectivity index (χ4n) is 1.53. The van der Waals surface area contributed by atoms with Crippen molar-refractivity contribution in [2.75, 3.05) is 5.32 Å². The second-order valence-corrected chi connectivity index (χ2v) is 3.81. The maximum Gasteiger partial charge on any atom is 0.255 e. The van der Waals surface area contributed by atoms with Crippen molar-refractivity contribution in [1.29, 1.82) is 5.26 Å². The van der Waals surface area contributed by atoms with Gasteiger partial charge in [-0.05, 0) is 30.3 Å². The maximum atomic E-state index is 13.4. The van der Waals surface area contributed by atoms with Gasteiger partial charge in [0.2, 0.25) is 0 Å². The number of nitrogens with zero attached hydrogens (tertiary/aromatic N) is 1. The Bertz CT molecular complexity index is 677. The summed E-state index contributed by atoms with van der Waals surface area (Å²) in [5.41, 5.74) is 0.565. The third-order valence-corrected chi connectivity index (χ3v) is 2.45. The lowest BCUT2D eigenvalue weighted by Crippen LogP contribution is -2.13. The molecule has 0 spiro atoms. The summed E-state index contributed by atoms with van der Waals surface area (Å²) in [5.74, 6) is -1.48. The summed E-state index contributed by atoms with van der Waals surface area (Å²) in [6, 6.07) is 11.4. The number of hydrogen-bond acceptors (Lipinski definition) is 3. The number of halogens is 1. The first-order chi connectivity index (χ1) is 9.10. The van der Waals surface area contributed by atoms with Crippen LogP contribution in [0.3, 0.4) is 0 Å². The molecule has 0 unspecified atom stereocenters. The zero-order valence-corrected chi connectivity index (χ0v) is 9.72. The molecule has 0 saturated heterocycles. The number of nitriles is 1. The number of aromatic hydroxyl groups is 1. The van der Waals surface area contributed by atoms with Crippen LogP contribution in [0.1, 0.15) is 15.9 Å². The van der Waals surface area contributed by atoms with Gasteiger partial charge in [-0.1, -0.05) is 6.07 Å². The fraction of sp³-hybridized carbons (Fsp3) is 0. The van der Waals surface area contributed by atoms with E-state index in [1.807, 2.05) is 6.07 Å². The van der Waals surface area contributed by atoms with Crippen LogP contribution in [-0.4, -0.2) is 11.0 Å². The van der Waals surface area contributed by atoms with Crippen LogP contribution in [0, 0.1) is 17.1 Å². The average molecular weight is 256 g/mol. The molecule has 2 N–H and O–H groups in total. The SMILES string of the molecule is N#Cc1cccc(C(=O)Nc2ccc(O)cc2F)c1. The fourth-order valence-corrected chi connectivity index (χ4v) is 1.53. The van der Waals surface area contributed by atoms with Crippen LogP contribution < -0.4 is 5.32 Å². The van der Waals surface area contributed by atoms with E-state index < -0.39 is 11.7 Å². The number of carbonyl (C=O) groups is 1. The van der Waals surface area contributed by atoms with Crippen LogP contribution in [0.25, 0.3) is 0 Å². The predicted octanol–water partition coefficient (Wildman–Crippen LogP) is 2.66. The molecule has 1 amide bonds. The third kappa shape index (κ3) is 2.87. The maximum absolute atomic E-state index is 13.4. The Kier molecular flexibility index (Phi) is 3.44. The Balaban J connectivity index is 2.23. The lowest BCUT2D eigenvalue weighted by molar-refractivity contribution is 0.102. The molecule has 0 atom stereocenters. The third-order valence-electron chi connectivity index (χ3n) is 2.45. The molecule has 2 aromatic rings. The highest BCUT2D eigenvalue weighted by Crippen LogP contribution is 2.20. The summed E-state index contributed by atoms with van der Waals surface area (Å²) < 4.78 is 13.4. The average Bonchev–Trinajstić information content (AvgIpc) is 2.42. The minimum Gasteiger partial charge on any atom is -0.508 e. The van der Waals surface area contributed by atoms with E-state index in [2.05, 4.69) is 5.32 Å². The Morgan fingerprint density at radius 2 is 2.05 bits per heavy atom. The summed E-state index contributed by atoms with van der Waals surface area (Å²) in [7, 11) is 0. The van der Waals surface area contributed by atoms with Crippen LogP contribution in [0.4, 0.5) is 10.1 Å². The molecule has 0 saturated carbocycles. The second kappa shape index (κ2) is 5.19. The van der Waals surface area contributed by atoms with Crippen molar-refractivity contribution in [1.82, 2.24) is 0 Å². The van der Waals surface area contributed by atoms with E-state index in [1.54, 1.807) is 12.1 Å². The monoisotopic (exact) mass is 256 g/mol. The van der Waals surface area contributed by atoms with E-state index in [0.717, 1.165) is 6.07 Å². The molecule has 94 valence electrons. The molecule has 0 aliphatic heterocycles. The van der Waals surface area contributed by atoms with Crippen LogP contribution in [0.5, 0.6) is 5.75 Å². The van der Waals surface area contributed by atoms with E-state index in [0.29, 0.717) is 5.56 Å². The molecule has 0 fully saturated rings. The molecule has 0 aliphatic carbocycles. The smallest absolute Gasteiger partial charge is 0.255 e. The number of amides is 1. The molecule has 0 aromatic heterocycles. The number of anilines is 1. The van der Waals surface area contributed by atoms with Crippen molar-refractivity contribution < 1.29 is 14.3 Å². The van der Waals surface area contributed by atoms with Gasteiger partial charge >= 0.3 is 0 Å². The van der Waals surface area contributed by atoms with Crippen LogP contribution in [0.15, 0.2) is 42.5 Å². The Morgan fingerprint density at radius 1 is 1.26 bits per heavy atom. The van der Waals surface area contributed by atoms with Gasteiger partial charge in [0, 0.05) is 11.6 Å². The normalized spacial score (nSPS) is 9.68. The minimum atomic E-state index is -0.732. The standard InChI is InChI=1S/C14H9FN2O2/c15-12-7-11(18)4-5-13(12)17-14(19)10-3-1-2-9(6-10)8-16/h1-7,18H,(H,17,19). The molecule has 4 nitrogen and oxygen atoms in total. The highest BCUT2D eigenvalue weighted by molar-refractivity contribution is 6.04. The zero-order chi connectivity index (χ0) is 13.8. The van der Waals surface area contributed by atoms with Gasteiger partial charge in [0.25, 0.3) is 5.91 Å². The molecular formula is C14H9FN2O2. The Labute approximate surface area is 108 Å². The van der Waals surface area contributed by atoms with Crippen molar-refractivity contribution in [2.24, 2.45) is 0 Å². The van der Waals surface area contributed by atoms with Gasteiger partial charge in [0.15, 0.2) is 0 Å². The molecule has 5 heteroatoms. The number of nitrogens with one attached hydrogen (secondary N) is 1. The van der Waals surface area contributed by atoms with Gasteiger partial charge < -0.3 is 10.4 Å². The van der Waals surface area contributed by atoms with Crippen molar-refractivity contribution >= 4 is 11.6 Å². The highest BCUT2D eigenvalue weighted by atomic mass is 19.1. The van der Waals surface area contributed by atoms with Crippen molar-refractivity contribution in [3.05, 3.63) is 59.4 Å². The van der Waals surface area contributed by atoms with E-state index in [9.17, 15) is 9.18 Å². The van der Waals surface area contributed by atoms with Gasteiger partial charge in [0.05, 0.1) is 17.3 Å². The van der Waals surface area contributed by atoms with Gasteiger partial charge in [-0.15, -0.1) is 0 Å². The van der Waals surface area contributed by atoms with Gasteiger partial charge in [0.1, 0.15) is 11.6 Å². The summed E-state index contributed by atoms with van der Waals surface area (Å²) in [6.07, 6.45) is 0. The van der Waals surface area contributed by atoms with E-state index in [1.165, 1.54) is 24.3 Å². The molecule has 19 heavy (non-hydrogen) atoms. The molecule has 0 aliphatic rings. The largest absolute Gasteiger partial charge is 0.508 e. The first kappa shape index (κ1) is 12.6. The quantitative estimate of drug-likeness (QED) is 0.811. The number of rotatable bonds is 2. The first-order valence-electron chi connectivity index (χ1n) is 5.40. The lowest BCUT2D eigenvalue weighted by atomic mass is 10.1. The Hall–Kier alpha value is -2.87. The molecule has 2 aromatic carbocycles. The predicted molar refractivity (Wildman–Crippen MR) is 67.2 cm³/mol. The molecule has 0 bridgehead atoms. The lowest BCUT2D eigenvalue weighted by Gasteiger charge is -2.06. The van der Waals surface area contributed by atoms with E-state index in [4.69, 9.17) is 10.4 Å². The van der Waals surface area contributed by atoms with Crippen LogP contribution >= 0.6 is 0 Å². The van der Waals surface area contributed by atoms with Gasteiger partial charge in [-0.2, -0.15) is 5.26 Å². The number of benzene rings is 2. The Morgan fingerprint density at radius 3 is 2.74 bits per heavy atom. The van der Waals surface area contributed by atoms with Crippen molar-refractivity contribution in [3.63, 3.8) is 0 Å². The number of phenolic OH excluding ortho intramolecular Hbond substituents is 1. The topological polar surface area (TPSA) is 73.1 Å². The minimum absolute atomic E-state index is 0.0369. The summed E-state index contributed by atoms with van der Waals surface area (Å²) in [4.78, 5) is 11.9. The van der Waals surface area contributed by atoms with E-state index >= 15 is 0 Å². The molecule has 2 rings (SSSR count).